The van der Waals surface area contributed by atoms with E-state index in [1.54, 1.807) is 13.0 Å². The van der Waals surface area contributed by atoms with E-state index in [0.717, 1.165) is 18.4 Å². The van der Waals surface area contributed by atoms with Gasteiger partial charge in [-0.2, -0.15) is 0 Å². The van der Waals surface area contributed by atoms with Gasteiger partial charge < -0.3 is 5.32 Å². The number of amides is 1. The van der Waals surface area contributed by atoms with E-state index in [1.165, 1.54) is 12.1 Å². The number of carbonyl (C=O) groups excluding carboxylic acids is 1. The predicted octanol–water partition coefficient (Wildman–Crippen LogP) is 2.48. The molecule has 0 atom stereocenters. The number of aryl methyl sites for hydroxylation is 1. The Bertz CT molecular complexity index is 372. The lowest BCUT2D eigenvalue weighted by atomic mass is 10.2. The molecule has 14 heavy (non-hydrogen) atoms. The Hall–Kier alpha value is -1.38. The number of carbonyl (C=O) groups is 1. The van der Waals surface area contributed by atoms with Crippen molar-refractivity contribution in [3.05, 3.63) is 29.6 Å². The van der Waals surface area contributed by atoms with Gasteiger partial charge in [0.05, 0.1) is 0 Å². The molecule has 3 heteroatoms. The molecule has 0 heterocycles. The molecule has 0 bridgehead atoms. The standard InChI is InChI=1S/C11H12FNO/c1-7-6-9(12)4-5-10(7)13-11(14)8-2-3-8/h4-6,8H,2-3H2,1H3,(H,13,14). The molecule has 1 fully saturated rings. The minimum atomic E-state index is -0.271. The molecule has 1 N–H and O–H groups in total. The third-order valence-corrected chi connectivity index (χ3v) is 2.39. The van der Waals surface area contributed by atoms with E-state index in [9.17, 15) is 9.18 Å². The predicted molar refractivity (Wildman–Crippen MR) is 52.5 cm³/mol. The molecule has 0 saturated heterocycles. The summed E-state index contributed by atoms with van der Waals surface area (Å²) in [4.78, 5) is 11.4. The maximum Gasteiger partial charge on any atom is 0.227 e. The second-order valence-corrected chi connectivity index (χ2v) is 3.72. The van der Waals surface area contributed by atoms with Crippen LogP contribution in [-0.2, 0) is 4.79 Å². The van der Waals surface area contributed by atoms with Crippen molar-refractivity contribution in [2.45, 2.75) is 19.8 Å². The van der Waals surface area contributed by atoms with E-state index in [1.807, 2.05) is 0 Å². The van der Waals surface area contributed by atoms with Crippen LogP contribution in [0.25, 0.3) is 0 Å². The van der Waals surface area contributed by atoms with E-state index in [4.69, 9.17) is 0 Å². The van der Waals surface area contributed by atoms with Gasteiger partial charge in [0.25, 0.3) is 0 Å². The third-order valence-electron chi connectivity index (χ3n) is 2.39. The van der Waals surface area contributed by atoms with Crippen LogP contribution in [0, 0.1) is 18.7 Å². The maximum atomic E-state index is 12.7. The Morgan fingerprint density at radius 3 is 2.79 bits per heavy atom. The molecule has 1 aliphatic carbocycles. The molecular weight excluding hydrogens is 181 g/mol. The number of hydrogen-bond acceptors (Lipinski definition) is 1. The Kier molecular flexibility index (Phi) is 2.23. The molecule has 0 aromatic heterocycles. The molecule has 1 amide bonds. The largest absolute Gasteiger partial charge is 0.326 e. The summed E-state index contributed by atoms with van der Waals surface area (Å²) in [5, 5.41) is 2.79. The van der Waals surface area contributed by atoms with Crippen molar-refractivity contribution >= 4 is 11.6 Å². The summed E-state index contributed by atoms with van der Waals surface area (Å²) in [6.07, 6.45) is 1.96. The first kappa shape index (κ1) is 9.19. The van der Waals surface area contributed by atoms with Gasteiger partial charge >= 0.3 is 0 Å². The first-order valence-electron chi connectivity index (χ1n) is 4.74. The van der Waals surface area contributed by atoms with Crippen molar-refractivity contribution in [1.82, 2.24) is 0 Å². The van der Waals surface area contributed by atoms with Crippen molar-refractivity contribution in [3.8, 4) is 0 Å². The van der Waals surface area contributed by atoms with Crippen LogP contribution in [0.1, 0.15) is 18.4 Å². The van der Waals surface area contributed by atoms with Crippen molar-refractivity contribution in [2.75, 3.05) is 5.32 Å². The van der Waals surface area contributed by atoms with E-state index in [0.29, 0.717) is 5.69 Å². The van der Waals surface area contributed by atoms with Crippen LogP contribution in [-0.4, -0.2) is 5.91 Å². The molecule has 74 valence electrons. The quantitative estimate of drug-likeness (QED) is 0.768. The molecule has 2 nitrogen and oxygen atoms in total. The number of hydrogen-bond donors (Lipinski definition) is 1. The highest BCUT2D eigenvalue weighted by Gasteiger charge is 2.29. The molecule has 0 radical (unpaired) electrons. The number of rotatable bonds is 2. The Morgan fingerprint density at radius 1 is 1.50 bits per heavy atom. The minimum Gasteiger partial charge on any atom is -0.326 e. The molecule has 0 aliphatic heterocycles. The van der Waals surface area contributed by atoms with E-state index in [-0.39, 0.29) is 17.6 Å². The lowest BCUT2D eigenvalue weighted by Crippen LogP contribution is -2.14. The smallest absolute Gasteiger partial charge is 0.227 e. The highest BCUT2D eigenvalue weighted by molar-refractivity contribution is 5.94. The van der Waals surface area contributed by atoms with Gasteiger partial charge in [0.1, 0.15) is 5.82 Å². The molecular formula is C11H12FNO. The van der Waals surface area contributed by atoms with Crippen LogP contribution < -0.4 is 5.32 Å². The second-order valence-electron chi connectivity index (χ2n) is 3.72. The fraction of sp³-hybridized carbons (Fsp3) is 0.364. The molecule has 1 aromatic carbocycles. The van der Waals surface area contributed by atoms with Crippen LogP contribution >= 0.6 is 0 Å². The zero-order chi connectivity index (χ0) is 10.1. The van der Waals surface area contributed by atoms with Crippen LogP contribution in [0.2, 0.25) is 0 Å². The van der Waals surface area contributed by atoms with Crippen LogP contribution in [0.5, 0.6) is 0 Å². The van der Waals surface area contributed by atoms with Gasteiger partial charge in [-0.25, -0.2) is 4.39 Å². The van der Waals surface area contributed by atoms with Gasteiger partial charge in [-0.05, 0) is 43.5 Å². The summed E-state index contributed by atoms with van der Waals surface area (Å²) < 4.78 is 12.7. The Labute approximate surface area is 82.1 Å². The van der Waals surface area contributed by atoms with Gasteiger partial charge in [-0.1, -0.05) is 0 Å². The van der Waals surface area contributed by atoms with Gasteiger partial charge in [-0.15, -0.1) is 0 Å². The zero-order valence-electron chi connectivity index (χ0n) is 8.01. The van der Waals surface area contributed by atoms with Crippen molar-refractivity contribution in [3.63, 3.8) is 0 Å². The summed E-state index contributed by atoms with van der Waals surface area (Å²) >= 11 is 0. The van der Waals surface area contributed by atoms with Crippen LogP contribution in [0.3, 0.4) is 0 Å². The summed E-state index contributed by atoms with van der Waals surface area (Å²) in [6.45, 7) is 1.78. The average molecular weight is 193 g/mol. The minimum absolute atomic E-state index is 0.0553. The average Bonchev–Trinajstić information content (AvgIpc) is 2.92. The summed E-state index contributed by atoms with van der Waals surface area (Å²) in [7, 11) is 0. The first-order valence-corrected chi connectivity index (χ1v) is 4.74. The van der Waals surface area contributed by atoms with Crippen molar-refractivity contribution in [2.24, 2.45) is 5.92 Å². The van der Waals surface area contributed by atoms with E-state index < -0.39 is 0 Å². The fourth-order valence-electron chi connectivity index (χ4n) is 1.35. The van der Waals surface area contributed by atoms with Crippen molar-refractivity contribution < 1.29 is 9.18 Å². The van der Waals surface area contributed by atoms with Gasteiger partial charge in [0.15, 0.2) is 0 Å². The van der Waals surface area contributed by atoms with Gasteiger partial charge in [0, 0.05) is 11.6 Å². The first-order chi connectivity index (χ1) is 6.66. The fourth-order valence-corrected chi connectivity index (χ4v) is 1.35. The van der Waals surface area contributed by atoms with Gasteiger partial charge in [-0.3, -0.25) is 4.79 Å². The molecule has 1 aliphatic rings. The highest BCUT2D eigenvalue weighted by atomic mass is 19.1. The van der Waals surface area contributed by atoms with Crippen LogP contribution in [0.4, 0.5) is 10.1 Å². The maximum absolute atomic E-state index is 12.7. The Morgan fingerprint density at radius 2 is 2.21 bits per heavy atom. The highest BCUT2D eigenvalue weighted by Crippen LogP contribution is 2.30. The summed E-state index contributed by atoms with van der Waals surface area (Å²) in [5.74, 6) is -0.0360. The number of anilines is 1. The molecule has 0 unspecified atom stereocenters. The molecule has 1 aromatic rings. The van der Waals surface area contributed by atoms with E-state index >= 15 is 0 Å². The SMILES string of the molecule is Cc1cc(F)ccc1NC(=O)C1CC1. The van der Waals surface area contributed by atoms with Crippen molar-refractivity contribution in [1.29, 1.82) is 0 Å². The molecule has 1 saturated carbocycles. The topological polar surface area (TPSA) is 29.1 Å². The molecule has 0 spiro atoms. The van der Waals surface area contributed by atoms with E-state index in [2.05, 4.69) is 5.32 Å². The summed E-state index contributed by atoms with van der Waals surface area (Å²) in [6, 6.07) is 4.38. The third kappa shape index (κ3) is 1.92. The normalized spacial score (nSPS) is 15.3. The van der Waals surface area contributed by atoms with Crippen LogP contribution in [0.15, 0.2) is 18.2 Å². The second kappa shape index (κ2) is 3.40. The number of benzene rings is 1. The Balaban J connectivity index is 2.11. The lowest BCUT2D eigenvalue weighted by molar-refractivity contribution is -0.117. The molecule has 2 rings (SSSR count). The zero-order valence-corrected chi connectivity index (χ0v) is 8.01. The van der Waals surface area contributed by atoms with Gasteiger partial charge in [0.2, 0.25) is 5.91 Å². The number of nitrogens with one attached hydrogen (secondary N) is 1. The number of halogens is 1. The lowest BCUT2D eigenvalue weighted by Gasteiger charge is -2.07. The summed E-state index contributed by atoms with van der Waals surface area (Å²) in [5.41, 5.74) is 1.47. The monoisotopic (exact) mass is 193 g/mol.